The number of fused-ring (bicyclic) bond motifs is 1. The van der Waals surface area contributed by atoms with Gasteiger partial charge in [-0.05, 0) is 38.2 Å². The Kier molecular flexibility index (Phi) is 4.12. The Hall–Kier alpha value is -1.22. The molecule has 0 spiro atoms. The average Bonchev–Trinajstić information content (AvgIpc) is 2.48. The molecule has 0 aromatic heterocycles. The van der Waals surface area contributed by atoms with Gasteiger partial charge in [-0.15, -0.1) is 0 Å². The van der Waals surface area contributed by atoms with Crippen LogP contribution in [-0.4, -0.2) is 7.05 Å². The molecule has 2 unspecified atom stereocenters. The number of aryl methyl sites for hydroxylation is 1. The zero-order valence-electron chi connectivity index (χ0n) is 12.0. The lowest BCUT2D eigenvalue weighted by molar-refractivity contribution is 0.154. The summed E-state index contributed by atoms with van der Waals surface area (Å²) < 4.78 is 6.16. The molecule has 4 heteroatoms. The zero-order chi connectivity index (χ0) is 15.0. The molecule has 0 amide bonds. The quantitative estimate of drug-likeness (QED) is 0.832. The highest BCUT2D eigenvalue weighted by atomic mass is 35.5. The maximum atomic E-state index is 6.31. The van der Waals surface area contributed by atoms with Crippen molar-refractivity contribution in [3.8, 4) is 5.75 Å². The van der Waals surface area contributed by atoms with Crippen molar-refractivity contribution < 1.29 is 4.74 Å². The predicted octanol–water partition coefficient (Wildman–Crippen LogP) is 5.09. The number of hydrogen-bond acceptors (Lipinski definition) is 2. The first-order valence-electron chi connectivity index (χ1n) is 6.98. The Labute approximate surface area is 135 Å². The van der Waals surface area contributed by atoms with Crippen LogP contribution >= 0.6 is 23.2 Å². The van der Waals surface area contributed by atoms with Crippen LogP contribution in [-0.2, 0) is 0 Å². The van der Waals surface area contributed by atoms with Gasteiger partial charge in [-0.1, -0.05) is 40.9 Å². The molecule has 1 aliphatic heterocycles. The van der Waals surface area contributed by atoms with Crippen LogP contribution in [0.4, 0.5) is 0 Å². The van der Waals surface area contributed by atoms with Crippen LogP contribution in [0.15, 0.2) is 36.4 Å². The molecule has 2 atom stereocenters. The monoisotopic (exact) mass is 321 g/mol. The molecular weight excluding hydrogens is 305 g/mol. The minimum atomic E-state index is -0.0937. The van der Waals surface area contributed by atoms with E-state index in [1.165, 1.54) is 11.1 Å². The van der Waals surface area contributed by atoms with Crippen LogP contribution in [0, 0.1) is 6.92 Å². The number of nitrogens with one attached hydrogen (secondary N) is 1. The van der Waals surface area contributed by atoms with Gasteiger partial charge in [0.15, 0.2) is 0 Å². The van der Waals surface area contributed by atoms with E-state index in [0.29, 0.717) is 10.0 Å². The number of benzene rings is 2. The van der Waals surface area contributed by atoms with Crippen molar-refractivity contribution in [2.24, 2.45) is 0 Å². The Morgan fingerprint density at radius 3 is 2.67 bits per heavy atom. The number of hydrogen-bond donors (Lipinski definition) is 1. The number of ether oxygens (including phenoxy) is 1. The lowest BCUT2D eigenvalue weighted by atomic mass is 9.92. The van der Waals surface area contributed by atoms with Crippen LogP contribution in [0.3, 0.4) is 0 Å². The molecule has 1 aliphatic rings. The van der Waals surface area contributed by atoms with Gasteiger partial charge in [0.1, 0.15) is 11.9 Å². The standard InChI is InChI=1S/C17H17Cl2NO/c1-10-3-6-16-13(7-10)15(20-2)9-17(21-16)12-8-11(18)4-5-14(12)19/h3-8,15,17,20H,9H2,1-2H3. The molecule has 0 saturated heterocycles. The third kappa shape index (κ3) is 2.89. The summed E-state index contributed by atoms with van der Waals surface area (Å²) in [4.78, 5) is 0. The molecular formula is C17H17Cl2NO. The first kappa shape index (κ1) is 14.7. The topological polar surface area (TPSA) is 21.3 Å². The van der Waals surface area contributed by atoms with E-state index in [0.717, 1.165) is 17.7 Å². The van der Waals surface area contributed by atoms with Crippen LogP contribution in [0.25, 0.3) is 0 Å². The van der Waals surface area contributed by atoms with Crippen molar-refractivity contribution in [1.29, 1.82) is 0 Å². The van der Waals surface area contributed by atoms with E-state index in [1.54, 1.807) is 6.07 Å². The van der Waals surface area contributed by atoms with Crippen LogP contribution < -0.4 is 10.1 Å². The molecule has 3 rings (SSSR count). The van der Waals surface area contributed by atoms with Gasteiger partial charge in [0.05, 0.1) is 0 Å². The SMILES string of the molecule is CNC1CC(c2cc(Cl)ccc2Cl)Oc2ccc(C)cc21. The summed E-state index contributed by atoms with van der Waals surface area (Å²) in [7, 11) is 1.97. The fraction of sp³-hybridized carbons (Fsp3) is 0.294. The molecule has 110 valence electrons. The van der Waals surface area contributed by atoms with Gasteiger partial charge in [-0.25, -0.2) is 0 Å². The molecule has 21 heavy (non-hydrogen) atoms. The van der Waals surface area contributed by atoms with Crippen molar-refractivity contribution in [3.05, 3.63) is 63.1 Å². The van der Waals surface area contributed by atoms with E-state index in [4.69, 9.17) is 27.9 Å². The van der Waals surface area contributed by atoms with E-state index in [9.17, 15) is 0 Å². The second-order valence-electron chi connectivity index (χ2n) is 5.39. The Bertz CT molecular complexity index is 672. The molecule has 0 aliphatic carbocycles. The summed E-state index contributed by atoms with van der Waals surface area (Å²) in [5.41, 5.74) is 3.37. The lowest BCUT2D eigenvalue weighted by Crippen LogP contribution is -2.27. The van der Waals surface area contributed by atoms with E-state index < -0.39 is 0 Å². The maximum absolute atomic E-state index is 6.31. The fourth-order valence-corrected chi connectivity index (χ4v) is 3.23. The molecule has 2 nitrogen and oxygen atoms in total. The van der Waals surface area contributed by atoms with Gasteiger partial charge in [-0.3, -0.25) is 0 Å². The van der Waals surface area contributed by atoms with Gasteiger partial charge in [-0.2, -0.15) is 0 Å². The largest absolute Gasteiger partial charge is 0.485 e. The third-order valence-corrected chi connectivity index (χ3v) is 4.49. The summed E-state index contributed by atoms with van der Waals surface area (Å²) in [6, 6.07) is 12.0. The van der Waals surface area contributed by atoms with Crippen molar-refractivity contribution in [2.45, 2.75) is 25.5 Å². The second kappa shape index (κ2) is 5.88. The molecule has 2 aromatic rings. The van der Waals surface area contributed by atoms with Crippen molar-refractivity contribution in [2.75, 3.05) is 7.05 Å². The number of halogens is 2. The fourth-order valence-electron chi connectivity index (χ4n) is 2.82. The summed E-state index contributed by atoms with van der Waals surface area (Å²) in [6.07, 6.45) is 0.733. The van der Waals surface area contributed by atoms with Crippen LogP contribution in [0.5, 0.6) is 5.75 Å². The second-order valence-corrected chi connectivity index (χ2v) is 6.23. The zero-order valence-corrected chi connectivity index (χ0v) is 13.5. The molecule has 1 heterocycles. The highest BCUT2D eigenvalue weighted by molar-refractivity contribution is 6.33. The summed E-state index contributed by atoms with van der Waals surface area (Å²) in [6.45, 7) is 2.09. The van der Waals surface area contributed by atoms with E-state index >= 15 is 0 Å². The van der Waals surface area contributed by atoms with E-state index in [2.05, 4.69) is 24.4 Å². The van der Waals surface area contributed by atoms with Gasteiger partial charge in [0, 0.05) is 33.6 Å². The molecule has 0 bridgehead atoms. The first-order valence-corrected chi connectivity index (χ1v) is 7.73. The molecule has 2 aromatic carbocycles. The normalized spacial score (nSPS) is 20.8. The highest BCUT2D eigenvalue weighted by Crippen LogP contribution is 2.43. The van der Waals surface area contributed by atoms with Gasteiger partial charge < -0.3 is 10.1 Å². The van der Waals surface area contributed by atoms with Crippen LogP contribution in [0.2, 0.25) is 10.0 Å². The molecule has 0 fully saturated rings. The summed E-state index contributed by atoms with van der Waals surface area (Å²) in [5.74, 6) is 0.909. The summed E-state index contributed by atoms with van der Waals surface area (Å²) in [5, 5.41) is 4.73. The van der Waals surface area contributed by atoms with Crippen LogP contribution in [0.1, 0.15) is 35.3 Å². The van der Waals surface area contributed by atoms with Crippen molar-refractivity contribution >= 4 is 23.2 Å². The van der Waals surface area contributed by atoms with Crippen molar-refractivity contribution in [1.82, 2.24) is 5.32 Å². The van der Waals surface area contributed by atoms with E-state index in [1.807, 2.05) is 25.2 Å². The minimum Gasteiger partial charge on any atom is -0.485 e. The Morgan fingerprint density at radius 1 is 1.10 bits per heavy atom. The third-order valence-electron chi connectivity index (χ3n) is 3.91. The lowest BCUT2D eigenvalue weighted by Gasteiger charge is -2.33. The highest BCUT2D eigenvalue weighted by Gasteiger charge is 2.29. The van der Waals surface area contributed by atoms with E-state index in [-0.39, 0.29) is 12.1 Å². The predicted molar refractivity (Wildman–Crippen MR) is 87.4 cm³/mol. The number of rotatable bonds is 2. The Balaban J connectivity index is 2.00. The smallest absolute Gasteiger partial charge is 0.127 e. The first-order chi connectivity index (χ1) is 10.1. The summed E-state index contributed by atoms with van der Waals surface area (Å²) >= 11 is 12.4. The molecule has 0 radical (unpaired) electrons. The maximum Gasteiger partial charge on any atom is 0.127 e. The average molecular weight is 322 g/mol. The minimum absolute atomic E-state index is 0.0937. The van der Waals surface area contributed by atoms with Crippen molar-refractivity contribution in [3.63, 3.8) is 0 Å². The Morgan fingerprint density at radius 2 is 1.90 bits per heavy atom. The molecule has 0 saturated carbocycles. The van der Waals surface area contributed by atoms with Gasteiger partial charge in [0.2, 0.25) is 0 Å². The van der Waals surface area contributed by atoms with Gasteiger partial charge >= 0.3 is 0 Å². The molecule has 1 N–H and O–H groups in total. The van der Waals surface area contributed by atoms with Gasteiger partial charge in [0.25, 0.3) is 0 Å².